The fourth-order valence-corrected chi connectivity index (χ4v) is 3.53. The fourth-order valence-electron chi connectivity index (χ4n) is 3.53. The molecule has 0 saturated carbocycles. The first kappa shape index (κ1) is 18.4. The molecule has 26 heavy (non-hydrogen) atoms. The second-order valence-electron chi connectivity index (χ2n) is 7.10. The van der Waals surface area contributed by atoms with E-state index in [9.17, 15) is 4.39 Å². The third-order valence-corrected chi connectivity index (χ3v) is 4.77. The summed E-state index contributed by atoms with van der Waals surface area (Å²) in [4.78, 5) is 2.24. The molecule has 1 aliphatic carbocycles. The van der Waals surface area contributed by atoms with Gasteiger partial charge in [-0.1, -0.05) is 36.4 Å². The van der Waals surface area contributed by atoms with Crippen molar-refractivity contribution in [3.05, 3.63) is 77.1 Å². The van der Waals surface area contributed by atoms with E-state index in [1.807, 2.05) is 24.3 Å². The minimum absolute atomic E-state index is 0.200. The molecule has 1 aliphatic rings. The van der Waals surface area contributed by atoms with Crippen LogP contribution in [0.1, 0.15) is 24.0 Å². The van der Waals surface area contributed by atoms with Crippen molar-refractivity contribution in [1.82, 2.24) is 4.90 Å². The number of allylic oxidation sites excluding steroid dienone is 2. The van der Waals surface area contributed by atoms with Gasteiger partial charge in [-0.25, -0.2) is 4.39 Å². The Hall–Kier alpha value is -2.39. The van der Waals surface area contributed by atoms with Crippen LogP contribution in [0.2, 0.25) is 0 Å². The Labute approximate surface area is 155 Å². The number of hydrogen-bond donors (Lipinski definition) is 0. The van der Waals surface area contributed by atoms with Crippen LogP contribution in [0.3, 0.4) is 0 Å². The van der Waals surface area contributed by atoms with Gasteiger partial charge in [0.15, 0.2) is 0 Å². The van der Waals surface area contributed by atoms with Gasteiger partial charge < -0.3 is 4.74 Å². The molecule has 0 heterocycles. The molecule has 1 unspecified atom stereocenters. The average molecular weight is 351 g/mol. The first-order chi connectivity index (χ1) is 12.5. The van der Waals surface area contributed by atoms with Gasteiger partial charge in [0.05, 0.1) is 7.11 Å². The lowest BCUT2D eigenvalue weighted by Gasteiger charge is -2.25. The molecule has 1 radical (unpaired) electrons. The van der Waals surface area contributed by atoms with Crippen molar-refractivity contribution < 1.29 is 9.13 Å². The van der Waals surface area contributed by atoms with Crippen LogP contribution in [0.15, 0.2) is 60.2 Å². The van der Waals surface area contributed by atoms with Gasteiger partial charge in [-0.2, -0.15) is 4.90 Å². The second kappa shape index (κ2) is 8.33. The van der Waals surface area contributed by atoms with Crippen molar-refractivity contribution in [3.63, 3.8) is 0 Å². The molecule has 3 rings (SSSR count). The number of ether oxygens (including phenoxy) is 1. The SMILES string of the molecule is COc1cccc(C2=C/C(=C\c3ccc(F)cc3)CCC2C[N+](C)C)c1. The van der Waals surface area contributed by atoms with E-state index in [0.29, 0.717) is 5.92 Å². The van der Waals surface area contributed by atoms with Gasteiger partial charge in [-0.3, -0.25) is 0 Å². The van der Waals surface area contributed by atoms with Gasteiger partial charge >= 0.3 is 0 Å². The summed E-state index contributed by atoms with van der Waals surface area (Å²) in [7, 11) is 5.94. The normalized spacial score (nSPS) is 18.9. The Bertz CT molecular complexity index is 805. The predicted molar refractivity (Wildman–Crippen MR) is 107 cm³/mol. The maximum absolute atomic E-state index is 13.1. The Morgan fingerprint density at radius 2 is 1.92 bits per heavy atom. The Morgan fingerprint density at radius 1 is 1.15 bits per heavy atom. The zero-order chi connectivity index (χ0) is 18.5. The van der Waals surface area contributed by atoms with Gasteiger partial charge in [-0.05, 0) is 59.4 Å². The van der Waals surface area contributed by atoms with Crippen molar-refractivity contribution in [2.45, 2.75) is 12.8 Å². The molecule has 3 heteroatoms. The van der Waals surface area contributed by atoms with Gasteiger partial charge in [0.1, 0.15) is 32.2 Å². The van der Waals surface area contributed by atoms with Gasteiger partial charge in [0.25, 0.3) is 0 Å². The van der Waals surface area contributed by atoms with E-state index in [1.54, 1.807) is 7.11 Å². The average Bonchev–Trinajstić information content (AvgIpc) is 2.64. The highest BCUT2D eigenvalue weighted by Gasteiger charge is 2.25. The van der Waals surface area contributed by atoms with Gasteiger partial charge in [0, 0.05) is 5.92 Å². The van der Waals surface area contributed by atoms with Crippen LogP contribution in [-0.4, -0.2) is 27.7 Å². The predicted octanol–water partition coefficient (Wildman–Crippen LogP) is 5.11. The van der Waals surface area contributed by atoms with E-state index < -0.39 is 0 Å². The fraction of sp³-hybridized carbons (Fsp3) is 0.304. The number of methoxy groups -OCH3 is 1. The van der Waals surface area contributed by atoms with Crippen LogP contribution in [-0.2, 0) is 0 Å². The zero-order valence-electron chi connectivity index (χ0n) is 15.7. The molecule has 0 aliphatic heterocycles. The van der Waals surface area contributed by atoms with Crippen molar-refractivity contribution in [2.24, 2.45) is 5.92 Å². The smallest absolute Gasteiger partial charge is 0.129 e. The number of benzene rings is 2. The first-order valence-corrected chi connectivity index (χ1v) is 9.02. The summed E-state index contributed by atoms with van der Waals surface area (Å²) in [5.74, 6) is 1.17. The summed E-state index contributed by atoms with van der Waals surface area (Å²) in [6.45, 7) is 1.02. The van der Waals surface area contributed by atoms with Crippen LogP contribution in [0.25, 0.3) is 11.6 Å². The standard InChI is InChI=1S/C23H26FNO/c1-25(2)16-20-10-7-18(13-17-8-11-21(24)12-9-17)14-23(20)19-5-4-6-22(15-19)26-3/h4-6,8-9,11-15,20H,7,10,16H2,1-3H3/q+1/b18-13-. The van der Waals surface area contributed by atoms with E-state index in [-0.39, 0.29) is 5.82 Å². The number of hydrogen-bond acceptors (Lipinski definition) is 2. The van der Waals surface area contributed by atoms with E-state index >= 15 is 0 Å². The van der Waals surface area contributed by atoms with Crippen molar-refractivity contribution in [3.8, 4) is 5.75 Å². The maximum Gasteiger partial charge on any atom is 0.129 e. The number of nitrogens with zero attached hydrogens (tertiary/aromatic N) is 1. The molecule has 0 aromatic heterocycles. The van der Waals surface area contributed by atoms with E-state index in [0.717, 1.165) is 30.7 Å². The van der Waals surface area contributed by atoms with Crippen molar-refractivity contribution >= 4 is 11.6 Å². The highest BCUT2D eigenvalue weighted by molar-refractivity contribution is 5.74. The molecule has 2 nitrogen and oxygen atoms in total. The highest BCUT2D eigenvalue weighted by atomic mass is 19.1. The summed E-state index contributed by atoms with van der Waals surface area (Å²) >= 11 is 0. The second-order valence-corrected chi connectivity index (χ2v) is 7.10. The van der Waals surface area contributed by atoms with Gasteiger partial charge in [0.2, 0.25) is 0 Å². The molecule has 2 aromatic carbocycles. The molecule has 1 atom stereocenters. The van der Waals surface area contributed by atoms with E-state index in [4.69, 9.17) is 4.74 Å². The Balaban J connectivity index is 1.97. The number of halogens is 1. The lowest BCUT2D eigenvalue weighted by molar-refractivity contribution is 0.414. The van der Waals surface area contributed by atoms with Crippen LogP contribution in [0.4, 0.5) is 4.39 Å². The monoisotopic (exact) mass is 351 g/mol. The molecule has 2 aromatic rings. The van der Waals surface area contributed by atoms with Crippen LogP contribution in [0.5, 0.6) is 5.75 Å². The van der Waals surface area contributed by atoms with Gasteiger partial charge in [-0.15, -0.1) is 0 Å². The Morgan fingerprint density at radius 3 is 2.62 bits per heavy atom. The van der Waals surface area contributed by atoms with Crippen LogP contribution >= 0.6 is 0 Å². The molecular weight excluding hydrogens is 325 g/mol. The lowest BCUT2D eigenvalue weighted by Crippen LogP contribution is -2.28. The minimum atomic E-state index is -0.200. The molecule has 0 saturated heterocycles. The first-order valence-electron chi connectivity index (χ1n) is 9.02. The molecule has 0 spiro atoms. The third-order valence-electron chi connectivity index (χ3n) is 4.77. The quantitative estimate of drug-likeness (QED) is 0.683. The van der Waals surface area contributed by atoms with Crippen LogP contribution < -0.4 is 9.64 Å². The maximum atomic E-state index is 13.1. The number of rotatable bonds is 5. The molecule has 0 bridgehead atoms. The topological polar surface area (TPSA) is 15.1 Å². The summed E-state index contributed by atoms with van der Waals surface area (Å²) in [6.07, 6.45) is 6.60. The van der Waals surface area contributed by atoms with E-state index in [2.05, 4.69) is 43.3 Å². The molecular formula is C23H26FNO+. The summed E-state index contributed by atoms with van der Waals surface area (Å²) in [5.41, 5.74) is 4.87. The van der Waals surface area contributed by atoms with Crippen molar-refractivity contribution in [2.75, 3.05) is 27.7 Å². The Kier molecular flexibility index (Phi) is 5.89. The minimum Gasteiger partial charge on any atom is -0.497 e. The third kappa shape index (κ3) is 4.61. The summed E-state index contributed by atoms with van der Waals surface area (Å²) in [5, 5.41) is 0. The summed E-state index contributed by atoms with van der Waals surface area (Å²) in [6, 6.07) is 14.9. The molecule has 0 fully saturated rings. The van der Waals surface area contributed by atoms with Crippen molar-refractivity contribution in [1.29, 1.82) is 0 Å². The molecule has 0 amide bonds. The highest BCUT2D eigenvalue weighted by Crippen LogP contribution is 2.36. The largest absolute Gasteiger partial charge is 0.497 e. The molecule has 0 N–H and O–H groups in total. The summed E-state index contributed by atoms with van der Waals surface area (Å²) < 4.78 is 18.6. The van der Waals surface area contributed by atoms with Crippen LogP contribution in [0, 0.1) is 11.7 Å². The van der Waals surface area contributed by atoms with E-state index in [1.165, 1.54) is 28.8 Å². The lowest BCUT2D eigenvalue weighted by atomic mass is 9.81. The molecule has 135 valence electrons. The zero-order valence-corrected chi connectivity index (χ0v) is 15.7.